The third-order valence-corrected chi connectivity index (χ3v) is 2.65. The zero-order chi connectivity index (χ0) is 16.9. The first-order chi connectivity index (χ1) is 10.8. The molecule has 0 spiro atoms. The summed E-state index contributed by atoms with van der Waals surface area (Å²) in [6.45, 7) is 0. The van der Waals surface area contributed by atoms with Crippen molar-refractivity contribution in [2.75, 3.05) is 0 Å². The molecule has 2 aromatic rings. The number of nitrogens with two attached hydrogens (primary N) is 1. The number of pyridine rings is 1. The Morgan fingerprint density at radius 3 is 2.43 bits per heavy atom. The summed E-state index contributed by atoms with van der Waals surface area (Å²) in [4.78, 5) is 3.63. The SMILES string of the molecule is NC(=S)NN=Cc1ccc(Oc2ccc(C(F)(F)F)cn2)cc1. The first kappa shape index (κ1) is 16.7. The molecule has 1 heterocycles. The lowest BCUT2D eigenvalue weighted by atomic mass is 10.2. The van der Waals surface area contributed by atoms with Crippen LogP contribution in [0.4, 0.5) is 13.2 Å². The average Bonchev–Trinajstić information content (AvgIpc) is 2.48. The molecular formula is C14H11F3N4OS. The summed E-state index contributed by atoms with van der Waals surface area (Å²) in [6, 6.07) is 8.71. The highest BCUT2D eigenvalue weighted by Gasteiger charge is 2.30. The summed E-state index contributed by atoms with van der Waals surface area (Å²) >= 11 is 4.59. The van der Waals surface area contributed by atoms with E-state index in [1.807, 2.05) is 0 Å². The van der Waals surface area contributed by atoms with Crippen molar-refractivity contribution < 1.29 is 17.9 Å². The number of hydrogen-bond donors (Lipinski definition) is 2. The van der Waals surface area contributed by atoms with Crippen LogP contribution >= 0.6 is 12.2 Å². The number of nitrogens with zero attached hydrogens (tertiary/aromatic N) is 2. The number of halogens is 3. The molecule has 23 heavy (non-hydrogen) atoms. The number of aromatic nitrogens is 1. The zero-order valence-corrected chi connectivity index (χ0v) is 12.4. The number of benzene rings is 1. The van der Waals surface area contributed by atoms with Gasteiger partial charge in [0.2, 0.25) is 5.88 Å². The Bertz CT molecular complexity index is 699. The summed E-state index contributed by atoms with van der Waals surface area (Å²) in [5.74, 6) is 0.492. The Kier molecular flexibility index (Phi) is 5.12. The third kappa shape index (κ3) is 5.22. The molecule has 2 rings (SSSR count). The molecule has 0 amide bonds. The van der Waals surface area contributed by atoms with Crippen molar-refractivity contribution >= 4 is 23.5 Å². The van der Waals surface area contributed by atoms with Crippen LogP contribution in [0.3, 0.4) is 0 Å². The number of hydrogen-bond acceptors (Lipinski definition) is 4. The summed E-state index contributed by atoms with van der Waals surface area (Å²) in [7, 11) is 0. The first-order valence-corrected chi connectivity index (χ1v) is 6.65. The van der Waals surface area contributed by atoms with Crippen molar-refractivity contribution in [2.24, 2.45) is 10.8 Å². The second-order valence-electron chi connectivity index (χ2n) is 4.29. The van der Waals surface area contributed by atoms with Gasteiger partial charge in [-0.25, -0.2) is 4.98 Å². The van der Waals surface area contributed by atoms with E-state index in [0.29, 0.717) is 5.75 Å². The number of nitrogens with one attached hydrogen (secondary N) is 1. The van der Waals surface area contributed by atoms with Crippen molar-refractivity contribution in [1.82, 2.24) is 10.4 Å². The van der Waals surface area contributed by atoms with Gasteiger partial charge in [0.05, 0.1) is 11.8 Å². The van der Waals surface area contributed by atoms with Gasteiger partial charge in [0.15, 0.2) is 5.11 Å². The summed E-state index contributed by atoms with van der Waals surface area (Å²) in [6.07, 6.45) is -2.20. The minimum atomic E-state index is -4.42. The molecule has 0 radical (unpaired) electrons. The summed E-state index contributed by atoms with van der Waals surface area (Å²) < 4.78 is 42.6. The fraction of sp³-hybridized carbons (Fsp3) is 0.0714. The molecule has 1 aromatic carbocycles. The van der Waals surface area contributed by atoms with Crippen molar-refractivity contribution in [2.45, 2.75) is 6.18 Å². The zero-order valence-electron chi connectivity index (χ0n) is 11.5. The molecule has 5 nitrogen and oxygen atoms in total. The smallest absolute Gasteiger partial charge is 0.417 e. The largest absolute Gasteiger partial charge is 0.439 e. The lowest BCUT2D eigenvalue weighted by Crippen LogP contribution is -2.23. The molecule has 0 atom stereocenters. The molecule has 0 aliphatic heterocycles. The number of hydrazone groups is 1. The van der Waals surface area contributed by atoms with Gasteiger partial charge in [-0.15, -0.1) is 0 Å². The van der Waals surface area contributed by atoms with Gasteiger partial charge >= 0.3 is 6.18 Å². The quantitative estimate of drug-likeness (QED) is 0.508. The van der Waals surface area contributed by atoms with E-state index in [2.05, 4.69) is 27.7 Å². The van der Waals surface area contributed by atoms with E-state index in [1.165, 1.54) is 6.21 Å². The lowest BCUT2D eigenvalue weighted by Gasteiger charge is -2.08. The van der Waals surface area contributed by atoms with Gasteiger partial charge in [0.1, 0.15) is 5.75 Å². The van der Waals surface area contributed by atoms with Crippen molar-refractivity contribution in [3.63, 3.8) is 0 Å². The fourth-order valence-corrected chi connectivity index (χ4v) is 1.57. The van der Waals surface area contributed by atoms with Crippen LogP contribution in [0.1, 0.15) is 11.1 Å². The lowest BCUT2D eigenvalue weighted by molar-refractivity contribution is -0.137. The summed E-state index contributed by atoms with van der Waals surface area (Å²) in [5, 5.41) is 3.84. The van der Waals surface area contributed by atoms with Crippen LogP contribution in [0.25, 0.3) is 0 Å². The number of alkyl halides is 3. The van der Waals surface area contributed by atoms with Crippen LogP contribution in [0.15, 0.2) is 47.7 Å². The maximum Gasteiger partial charge on any atom is 0.417 e. The van der Waals surface area contributed by atoms with Crippen LogP contribution in [-0.4, -0.2) is 16.3 Å². The fourth-order valence-electron chi connectivity index (χ4n) is 1.52. The predicted molar refractivity (Wildman–Crippen MR) is 83.3 cm³/mol. The van der Waals surface area contributed by atoms with Gasteiger partial charge in [-0.2, -0.15) is 18.3 Å². The average molecular weight is 340 g/mol. The van der Waals surface area contributed by atoms with E-state index in [9.17, 15) is 13.2 Å². The van der Waals surface area contributed by atoms with Gasteiger partial charge in [-0.3, -0.25) is 5.43 Å². The van der Waals surface area contributed by atoms with Crippen LogP contribution in [-0.2, 0) is 6.18 Å². The van der Waals surface area contributed by atoms with Crippen molar-refractivity contribution in [1.29, 1.82) is 0 Å². The monoisotopic (exact) mass is 340 g/mol. The van der Waals surface area contributed by atoms with Crippen molar-refractivity contribution in [3.8, 4) is 11.6 Å². The van der Waals surface area contributed by atoms with E-state index >= 15 is 0 Å². The number of ether oxygens (including phenoxy) is 1. The molecule has 9 heteroatoms. The summed E-state index contributed by atoms with van der Waals surface area (Å²) in [5.41, 5.74) is 7.54. The van der Waals surface area contributed by atoms with E-state index in [1.54, 1.807) is 24.3 Å². The minimum absolute atomic E-state index is 0.0505. The Balaban J connectivity index is 2.00. The Labute approximate surface area is 135 Å². The third-order valence-electron chi connectivity index (χ3n) is 2.55. The highest BCUT2D eigenvalue weighted by molar-refractivity contribution is 7.80. The van der Waals surface area contributed by atoms with E-state index in [4.69, 9.17) is 10.5 Å². The molecule has 0 bridgehead atoms. The molecule has 0 saturated carbocycles. The standard InChI is InChI=1S/C14H11F3N4OS/c15-14(16,17)10-3-6-12(19-8-10)22-11-4-1-9(2-5-11)7-20-21-13(18)23/h1-8H,(H3,18,21,23). The van der Waals surface area contributed by atoms with Gasteiger partial charge in [-0.1, -0.05) is 0 Å². The maximum atomic E-state index is 12.4. The minimum Gasteiger partial charge on any atom is -0.439 e. The molecule has 1 aromatic heterocycles. The molecule has 0 fully saturated rings. The molecule has 0 saturated heterocycles. The van der Waals surface area contributed by atoms with Crippen LogP contribution in [0.2, 0.25) is 0 Å². The van der Waals surface area contributed by atoms with Crippen LogP contribution in [0, 0.1) is 0 Å². The predicted octanol–water partition coefficient (Wildman–Crippen LogP) is 3.06. The Morgan fingerprint density at radius 2 is 1.91 bits per heavy atom. The molecular weight excluding hydrogens is 329 g/mol. The van der Waals surface area contributed by atoms with Crippen molar-refractivity contribution in [3.05, 3.63) is 53.7 Å². The van der Waals surface area contributed by atoms with Crippen LogP contribution < -0.4 is 15.9 Å². The Hall–Kier alpha value is -2.68. The van der Waals surface area contributed by atoms with Crippen LogP contribution in [0.5, 0.6) is 11.6 Å². The first-order valence-electron chi connectivity index (χ1n) is 6.24. The topological polar surface area (TPSA) is 72.5 Å². The molecule has 0 aliphatic rings. The second-order valence-corrected chi connectivity index (χ2v) is 4.73. The molecule has 0 aliphatic carbocycles. The molecule has 120 valence electrons. The second kappa shape index (κ2) is 7.05. The highest BCUT2D eigenvalue weighted by Crippen LogP contribution is 2.30. The molecule has 0 unspecified atom stereocenters. The van der Waals surface area contributed by atoms with E-state index in [-0.39, 0.29) is 11.0 Å². The normalized spacial score (nSPS) is 11.4. The van der Waals surface area contributed by atoms with Gasteiger partial charge in [0, 0.05) is 12.3 Å². The number of thiocarbonyl (C=S) groups is 1. The maximum absolute atomic E-state index is 12.4. The molecule has 3 N–H and O–H groups in total. The van der Waals surface area contributed by atoms with E-state index < -0.39 is 11.7 Å². The van der Waals surface area contributed by atoms with Gasteiger partial charge in [0.25, 0.3) is 0 Å². The van der Waals surface area contributed by atoms with E-state index in [0.717, 1.165) is 23.9 Å². The Morgan fingerprint density at radius 1 is 1.22 bits per heavy atom. The van der Waals surface area contributed by atoms with Gasteiger partial charge in [-0.05, 0) is 48.1 Å². The van der Waals surface area contributed by atoms with Gasteiger partial charge < -0.3 is 10.5 Å². The highest BCUT2D eigenvalue weighted by atomic mass is 32.1. The number of rotatable bonds is 4.